The minimum atomic E-state index is -1.88. The molecule has 8 aromatic carbocycles. The van der Waals surface area contributed by atoms with E-state index in [1.54, 1.807) is 94.4 Å². The van der Waals surface area contributed by atoms with Crippen molar-refractivity contribution in [1.82, 2.24) is 38.2 Å². The third-order valence-electron chi connectivity index (χ3n) is 22.0. The summed E-state index contributed by atoms with van der Waals surface area (Å²) in [5.74, 6) is -45.9. The van der Waals surface area contributed by atoms with Gasteiger partial charge < -0.3 is 39.4 Å². The van der Waals surface area contributed by atoms with Crippen LogP contribution in [-0.4, -0.2) is 155 Å². The van der Waals surface area contributed by atoms with Crippen LogP contribution < -0.4 is 41.2 Å². The van der Waals surface area contributed by atoms with Gasteiger partial charge in [0.2, 0.25) is 29.1 Å². The summed E-state index contributed by atoms with van der Waals surface area (Å²) in [6, 6.07) is 21.5. The summed E-state index contributed by atoms with van der Waals surface area (Å²) < 4.78 is 213. The number of nitrogens with zero attached hydrogens (tertiary/aromatic N) is 8. The van der Waals surface area contributed by atoms with Gasteiger partial charge in [-0.3, -0.25) is 95.0 Å². The number of hydrogen-bond acceptors (Lipinski definition) is 24. The van der Waals surface area contributed by atoms with Gasteiger partial charge >= 0.3 is 23.9 Å². The van der Waals surface area contributed by atoms with Crippen molar-refractivity contribution >= 4 is 125 Å². The predicted molar refractivity (Wildman–Crippen MR) is 475 cm³/mol. The maximum absolute atomic E-state index is 13.8. The fourth-order valence-electron chi connectivity index (χ4n) is 14.8. The molecule has 12 aromatic rings. The van der Waals surface area contributed by atoms with E-state index < -0.39 is 322 Å². The largest absolute Gasteiger partial charge is 0.481 e. The zero-order valence-corrected chi connectivity index (χ0v) is 75.8. The molecule has 12 rings (SSSR count). The molecule has 0 unspecified atom stereocenters. The summed E-state index contributed by atoms with van der Waals surface area (Å²) in [5.41, 5.74) is -0.431. The van der Waals surface area contributed by atoms with Crippen molar-refractivity contribution in [1.29, 1.82) is 0 Å². The Bertz CT molecular complexity index is 7120. The van der Waals surface area contributed by atoms with Gasteiger partial charge in [0.1, 0.15) is 32.2 Å². The molecular weight excluding hydrogens is 1950 g/mol. The van der Waals surface area contributed by atoms with Crippen molar-refractivity contribution < 1.29 is 158 Å². The van der Waals surface area contributed by atoms with Crippen LogP contribution in [0, 0.1) is 105 Å². The van der Waals surface area contributed by atoms with Crippen molar-refractivity contribution in [2.45, 2.75) is 129 Å². The van der Waals surface area contributed by atoms with Gasteiger partial charge in [-0.15, -0.1) is 0 Å². The monoisotopic (exact) mass is 2030 g/mol. The fourth-order valence-corrected chi connectivity index (χ4v) is 15.0. The Morgan fingerprint density at radius 2 is 0.538 bits per heavy atom. The third kappa shape index (κ3) is 28.0. The van der Waals surface area contributed by atoms with Crippen molar-refractivity contribution in [3.8, 4) is 23.0 Å². The highest BCUT2D eigenvalue weighted by Gasteiger charge is 2.37. The first kappa shape index (κ1) is 111. The molecule has 0 spiro atoms. The number of carbonyl (C=O) groups excluding carboxylic acids is 8. The lowest BCUT2D eigenvalue weighted by atomic mass is 9.91. The molecule has 4 aromatic heterocycles. The Morgan fingerprint density at radius 3 is 0.825 bits per heavy atom. The molecular formula is C96H81ClF14N8O24. The highest BCUT2D eigenvalue weighted by molar-refractivity contribution is 6.31. The molecule has 47 heteroatoms. The average molecular weight is 2030 g/mol. The Kier molecular flexibility index (Phi) is 38.9. The zero-order chi connectivity index (χ0) is 105. The Hall–Kier alpha value is -15.9. The second-order valence-electron chi connectivity index (χ2n) is 31.6. The number of carbonyl (C=O) groups is 12. The highest BCUT2D eigenvalue weighted by Crippen LogP contribution is 2.34. The molecule has 754 valence electrons. The molecule has 0 amide bonds. The number of benzene rings is 8. The molecule has 0 aliphatic heterocycles. The number of rotatable bonds is 44. The minimum absolute atomic E-state index is 0.0419. The second kappa shape index (κ2) is 50.3. The number of fused-ring (bicyclic) bond motifs is 4. The number of carboxylic acids is 4. The molecule has 0 saturated heterocycles. The number of carboxylic acid groups (broad SMARTS) is 4. The molecule has 143 heavy (non-hydrogen) atoms. The van der Waals surface area contributed by atoms with Crippen LogP contribution in [0.1, 0.15) is 129 Å². The van der Waals surface area contributed by atoms with Crippen LogP contribution in [0.5, 0.6) is 23.0 Å². The van der Waals surface area contributed by atoms with E-state index >= 15 is 0 Å². The predicted octanol–water partition coefficient (Wildman–Crippen LogP) is 14.8. The van der Waals surface area contributed by atoms with Crippen LogP contribution in [0.15, 0.2) is 172 Å². The molecule has 0 fully saturated rings. The maximum atomic E-state index is 13.8. The van der Waals surface area contributed by atoms with Gasteiger partial charge in [-0.2, -0.15) is 22.0 Å². The molecule has 4 heterocycles. The van der Waals surface area contributed by atoms with E-state index in [2.05, 4.69) is 29.4 Å². The summed E-state index contributed by atoms with van der Waals surface area (Å²) in [6.45, 7) is 2.20. The van der Waals surface area contributed by atoms with E-state index in [0.717, 1.165) is 24.6 Å². The molecule has 4 N–H and O–H groups in total. The van der Waals surface area contributed by atoms with E-state index in [1.807, 2.05) is 0 Å². The maximum Gasteiger partial charge on any atom is 0.304 e. The lowest BCUT2D eigenvalue weighted by Gasteiger charge is -2.20. The zero-order valence-electron chi connectivity index (χ0n) is 75.1. The molecule has 0 aliphatic carbocycles. The van der Waals surface area contributed by atoms with Gasteiger partial charge in [0.25, 0.3) is 22.2 Å². The van der Waals surface area contributed by atoms with E-state index in [0.29, 0.717) is 46.3 Å². The number of halogens is 15. The number of aliphatic carboxylic acids is 4. The highest BCUT2D eigenvalue weighted by atomic mass is 35.5. The van der Waals surface area contributed by atoms with Crippen molar-refractivity contribution in [2.75, 3.05) is 26.4 Å². The first-order valence-corrected chi connectivity index (χ1v) is 43.2. The van der Waals surface area contributed by atoms with Crippen LogP contribution in [-0.2, 0) is 57.5 Å². The molecule has 0 saturated carbocycles. The quantitative estimate of drug-likeness (QED) is 0.0203. The van der Waals surface area contributed by atoms with E-state index in [4.69, 9.17) is 21.1 Å². The standard InChI is InChI=1S/C24H19ClF4N2O6.C24H20F4N2O6.2C24H21F3N2O6/c1-2-17(31-10-30-16-4-3-12(25)7-13(16)24(31)36)18(32)5-11(6-20(34)35)19(33)9-37-23-21(28)14(26)8-15(27)22(23)29;1-2-17(30-11-29-16-6-4-3-5-13(16)24(30)35)18(31)7-12(8-20(33)34)19(32)10-36-23-21(27)14(25)9-15(26)22(23)28;1-2-19(29-12-28-18-6-4-3-5-15(18)24(29)34)20(30)7-13(8-22(32)33)21(31)11-35-23-16(26)9-14(25)10-17(23)27;1-2-18(29-12-28-17-6-4-3-5-14(17)24(29)34)19(30)9-13(10-21(32)33)20(31)11-35-23-16(26)8-7-15(25)22(23)27/h3-4,7-8,10-11,17H,2,5-6,9H2,1H3,(H,34,35);3-6,9,11-12,17H,2,7-8,10H2,1H3,(H,33,34);3-6,9-10,12-13,19H,2,7-8,11H2,1H3,(H,32,33);3-8,12-13,18H,2,9-11H2,1H3,(H,32,33)/t11-,17-;12-,17-;13-,19-;13-,18-/m0000/s1. The van der Waals surface area contributed by atoms with Gasteiger partial charge in [0.05, 0.1) is 119 Å². The summed E-state index contributed by atoms with van der Waals surface area (Å²) in [6.07, 6.45) is -0.374. The number of Topliss-reactive ketones (excluding diaryl/α,β-unsaturated/α-hetero) is 8. The van der Waals surface area contributed by atoms with Crippen LogP contribution in [0.3, 0.4) is 0 Å². The number of hydrogen-bond donors (Lipinski definition) is 4. The van der Waals surface area contributed by atoms with Crippen LogP contribution in [0.4, 0.5) is 61.5 Å². The lowest BCUT2D eigenvalue weighted by Crippen LogP contribution is -2.33. The normalized spacial score (nSPS) is 12.8. The van der Waals surface area contributed by atoms with Crippen LogP contribution >= 0.6 is 11.6 Å². The number of para-hydroxylation sites is 3. The number of ketones is 8. The fraction of sp³-hybridized carbons (Fsp3) is 0.292. The van der Waals surface area contributed by atoms with Crippen LogP contribution in [0.25, 0.3) is 43.6 Å². The Morgan fingerprint density at radius 1 is 0.287 bits per heavy atom. The summed E-state index contributed by atoms with van der Waals surface area (Å²) in [5, 5.41) is 38.0. The van der Waals surface area contributed by atoms with E-state index in [1.165, 1.54) is 43.2 Å². The van der Waals surface area contributed by atoms with Crippen molar-refractivity contribution in [2.24, 2.45) is 23.7 Å². The number of ether oxygens (including phenoxy) is 4. The Labute approximate surface area is 801 Å². The second-order valence-corrected chi connectivity index (χ2v) is 32.0. The van der Waals surface area contributed by atoms with E-state index in [-0.39, 0.29) is 64.4 Å². The van der Waals surface area contributed by atoms with Crippen molar-refractivity contribution in [3.63, 3.8) is 0 Å². The van der Waals surface area contributed by atoms with Gasteiger partial charge in [-0.25, -0.2) is 59.4 Å². The van der Waals surface area contributed by atoms with Gasteiger partial charge in [-0.1, -0.05) is 75.7 Å². The third-order valence-corrected chi connectivity index (χ3v) is 22.3. The molecule has 0 radical (unpaired) electrons. The van der Waals surface area contributed by atoms with Gasteiger partial charge in [-0.05, 0) is 92.4 Å². The number of aromatic nitrogens is 8. The summed E-state index contributed by atoms with van der Waals surface area (Å²) in [7, 11) is 0. The van der Waals surface area contributed by atoms with Gasteiger partial charge in [0, 0.05) is 78.6 Å². The topological polar surface area (TPSA) is 462 Å². The van der Waals surface area contributed by atoms with Crippen molar-refractivity contribution in [3.05, 3.63) is 281 Å². The summed E-state index contributed by atoms with van der Waals surface area (Å²) in [4.78, 5) is 216. The van der Waals surface area contributed by atoms with Gasteiger partial charge in [0.15, 0.2) is 116 Å². The lowest BCUT2D eigenvalue weighted by molar-refractivity contribution is -0.142. The average Bonchev–Trinajstić information content (AvgIpc) is 0.806. The molecule has 0 bridgehead atoms. The minimum Gasteiger partial charge on any atom is -0.481 e. The summed E-state index contributed by atoms with van der Waals surface area (Å²) >= 11 is 5.95. The molecule has 0 aliphatic rings. The van der Waals surface area contributed by atoms with Crippen LogP contribution in [0.2, 0.25) is 5.02 Å². The molecule has 32 nitrogen and oxygen atoms in total. The Balaban J connectivity index is 0.000000213. The first-order valence-electron chi connectivity index (χ1n) is 42.8. The smallest absolute Gasteiger partial charge is 0.304 e. The molecule has 8 atom stereocenters. The SMILES string of the molecule is CC[C@@H](C(=O)C[C@@H](CC(=O)O)C(=O)COc1c(F)c(F)cc(F)c1F)n1cnc2ccc(Cl)cc2c1=O.CC[C@@H](C(=O)C[C@@H](CC(=O)O)C(=O)COc1c(F)c(F)cc(F)c1F)n1cnc2ccccc2c1=O.CC[C@@H](C(=O)C[C@@H](CC(=O)O)C(=O)COc1c(F)cc(F)cc1F)n1cnc2ccccc2c1=O.CC[C@@H](C(=O)C[C@@H](CC(=O)O)C(=O)COc1c(F)ccc(F)c1F)n1cnc2ccccc2c1=O. The first-order chi connectivity index (χ1) is 67.7. The van der Waals surface area contributed by atoms with E-state index in [9.17, 15) is 159 Å².